The molecule has 0 aromatic carbocycles. The van der Waals surface area contributed by atoms with Crippen LogP contribution in [-0.2, 0) is 0 Å². The van der Waals surface area contributed by atoms with Crippen molar-refractivity contribution < 1.29 is 4.79 Å². The number of amides is 2. The summed E-state index contributed by atoms with van der Waals surface area (Å²) in [5, 5.41) is 4.98. The van der Waals surface area contributed by atoms with E-state index in [1.165, 1.54) is 7.05 Å². The number of anilines is 1. The Balaban J connectivity index is 2.78. The fraction of sp³-hybridized carbons (Fsp3) is 0.200. The van der Waals surface area contributed by atoms with Crippen molar-refractivity contribution in [1.29, 1.82) is 0 Å². The van der Waals surface area contributed by atoms with Gasteiger partial charge in [0.05, 0.1) is 6.54 Å². The Morgan fingerprint density at radius 1 is 1.60 bits per heavy atom. The molecule has 0 radical (unpaired) electrons. The summed E-state index contributed by atoms with van der Waals surface area (Å²) in [4.78, 5) is 15.1. The van der Waals surface area contributed by atoms with Gasteiger partial charge in [-0.25, -0.2) is 9.78 Å². The zero-order valence-electron chi connectivity index (χ0n) is 8.37. The smallest absolute Gasteiger partial charge is 0.320 e. The van der Waals surface area contributed by atoms with Crippen LogP contribution >= 0.6 is 0 Å². The minimum Gasteiger partial charge on any atom is -0.341 e. The van der Waals surface area contributed by atoms with Crippen molar-refractivity contribution in [2.24, 2.45) is 5.73 Å². The topological polar surface area (TPSA) is 80.0 Å². The largest absolute Gasteiger partial charge is 0.341 e. The van der Waals surface area contributed by atoms with Gasteiger partial charge in [-0.3, -0.25) is 5.32 Å². The van der Waals surface area contributed by atoms with Gasteiger partial charge in [0.25, 0.3) is 0 Å². The second-order valence-electron chi connectivity index (χ2n) is 2.62. The van der Waals surface area contributed by atoms with Crippen molar-refractivity contribution in [3.8, 4) is 11.8 Å². The van der Waals surface area contributed by atoms with Crippen LogP contribution in [0.1, 0.15) is 5.69 Å². The second kappa shape index (κ2) is 5.62. The number of hydrogen-bond acceptors (Lipinski definition) is 3. The number of nitrogens with one attached hydrogen (secondary N) is 2. The number of urea groups is 1. The van der Waals surface area contributed by atoms with Crippen molar-refractivity contribution in [3.05, 3.63) is 23.9 Å². The fourth-order valence-electron chi connectivity index (χ4n) is 0.894. The van der Waals surface area contributed by atoms with Gasteiger partial charge in [-0.05, 0) is 18.1 Å². The molecule has 0 bridgehead atoms. The molecule has 1 aromatic rings. The van der Waals surface area contributed by atoms with Crippen LogP contribution in [0.25, 0.3) is 0 Å². The molecule has 15 heavy (non-hydrogen) atoms. The molecular weight excluding hydrogens is 192 g/mol. The number of aromatic nitrogens is 1. The Bertz CT molecular complexity index is 405. The Hall–Kier alpha value is -2.06. The number of rotatable bonds is 1. The lowest BCUT2D eigenvalue weighted by Crippen LogP contribution is -2.24. The molecule has 0 saturated carbocycles. The highest BCUT2D eigenvalue weighted by molar-refractivity contribution is 5.87. The quantitative estimate of drug-likeness (QED) is 0.569. The first-order valence-corrected chi connectivity index (χ1v) is 4.41. The lowest BCUT2D eigenvalue weighted by atomic mass is 10.3. The van der Waals surface area contributed by atoms with Crippen molar-refractivity contribution >= 4 is 11.8 Å². The van der Waals surface area contributed by atoms with Gasteiger partial charge in [0.2, 0.25) is 0 Å². The molecule has 0 aliphatic heterocycles. The molecule has 1 heterocycles. The maximum Gasteiger partial charge on any atom is 0.320 e. The summed E-state index contributed by atoms with van der Waals surface area (Å²) in [6.45, 7) is 0.286. The van der Waals surface area contributed by atoms with Crippen LogP contribution in [0.2, 0.25) is 0 Å². The molecule has 5 heteroatoms. The summed E-state index contributed by atoms with van der Waals surface area (Å²) >= 11 is 0. The Morgan fingerprint density at radius 2 is 2.40 bits per heavy atom. The molecule has 0 fully saturated rings. The van der Waals surface area contributed by atoms with E-state index in [2.05, 4.69) is 27.5 Å². The highest BCUT2D eigenvalue weighted by Crippen LogP contribution is 2.03. The third-order valence-corrected chi connectivity index (χ3v) is 1.54. The molecule has 0 aliphatic rings. The molecule has 0 unspecified atom stereocenters. The van der Waals surface area contributed by atoms with Gasteiger partial charge >= 0.3 is 6.03 Å². The van der Waals surface area contributed by atoms with E-state index in [1.54, 1.807) is 18.2 Å². The van der Waals surface area contributed by atoms with Gasteiger partial charge in [-0.15, -0.1) is 0 Å². The minimum absolute atomic E-state index is 0.286. The van der Waals surface area contributed by atoms with Gasteiger partial charge in [0.15, 0.2) is 0 Å². The molecule has 1 aromatic heterocycles. The van der Waals surface area contributed by atoms with E-state index >= 15 is 0 Å². The second-order valence-corrected chi connectivity index (χ2v) is 2.62. The van der Waals surface area contributed by atoms with Crippen LogP contribution in [0.3, 0.4) is 0 Å². The molecular formula is C10H12N4O. The molecule has 78 valence electrons. The first-order chi connectivity index (χ1) is 7.26. The highest BCUT2D eigenvalue weighted by Gasteiger charge is 1.99. The van der Waals surface area contributed by atoms with E-state index in [4.69, 9.17) is 5.73 Å². The molecule has 0 atom stereocenters. The van der Waals surface area contributed by atoms with E-state index in [1.807, 2.05) is 0 Å². The van der Waals surface area contributed by atoms with Crippen molar-refractivity contribution in [2.75, 3.05) is 18.9 Å². The van der Waals surface area contributed by atoms with Crippen LogP contribution in [0.4, 0.5) is 10.6 Å². The molecule has 1 rings (SSSR count). The SMILES string of the molecule is CNC(=O)Nc1cccc(C#CCN)n1. The molecule has 0 spiro atoms. The summed E-state index contributed by atoms with van der Waals surface area (Å²) in [7, 11) is 1.54. The molecule has 5 nitrogen and oxygen atoms in total. The summed E-state index contributed by atoms with van der Waals surface area (Å²) in [5.74, 6) is 5.92. The van der Waals surface area contributed by atoms with Gasteiger partial charge in [0.1, 0.15) is 11.5 Å². The van der Waals surface area contributed by atoms with Gasteiger partial charge in [-0.2, -0.15) is 0 Å². The normalized spacial score (nSPS) is 8.67. The van der Waals surface area contributed by atoms with Crippen LogP contribution in [0.5, 0.6) is 0 Å². The number of carbonyl (C=O) groups excluding carboxylic acids is 1. The molecule has 2 amide bonds. The van der Waals surface area contributed by atoms with Gasteiger partial charge in [-0.1, -0.05) is 12.0 Å². The van der Waals surface area contributed by atoms with E-state index in [9.17, 15) is 4.79 Å². The van der Waals surface area contributed by atoms with E-state index in [-0.39, 0.29) is 12.6 Å². The van der Waals surface area contributed by atoms with Crippen LogP contribution in [-0.4, -0.2) is 24.6 Å². The molecule has 0 saturated heterocycles. The van der Waals surface area contributed by atoms with Crippen LogP contribution < -0.4 is 16.4 Å². The predicted molar refractivity (Wildman–Crippen MR) is 58.2 cm³/mol. The van der Waals surface area contributed by atoms with Gasteiger partial charge in [0, 0.05) is 7.05 Å². The number of carbonyl (C=O) groups is 1. The van der Waals surface area contributed by atoms with E-state index < -0.39 is 0 Å². The zero-order valence-corrected chi connectivity index (χ0v) is 8.37. The monoisotopic (exact) mass is 204 g/mol. The highest BCUT2D eigenvalue weighted by atomic mass is 16.2. The van der Waals surface area contributed by atoms with E-state index in [0.717, 1.165) is 0 Å². The maximum absolute atomic E-state index is 11.0. The summed E-state index contributed by atoms with van der Waals surface area (Å²) in [5.41, 5.74) is 5.81. The van der Waals surface area contributed by atoms with Crippen molar-refractivity contribution in [3.63, 3.8) is 0 Å². The zero-order chi connectivity index (χ0) is 11.1. The van der Waals surface area contributed by atoms with Crippen LogP contribution in [0, 0.1) is 11.8 Å². The summed E-state index contributed by atoms with van der Waals surface area (Å²) < 4.78 is 0. The van der Waals surface area contributed by atoms with Crippen molar-refractivity contribution in [2.45, 2.75) is 0 Å². The summed E-state index contributed by atoms with van der Waals surface area (Å²) in [6, 6.07) is 4.88. The number of nitrogens with zero attached hydrogens (tertiary/aromatic N) is 1. The maximum atomic E-state index is 11.0. The Kier molecular flexibility index (Phi) is 4.13. The Morgan fingerprint density at radius 3 is 3.07 bits per heavy atom. The lowest BCUT2D eigenvalue weighted by molar-refractivity contribution is 0.254. The molecule has 4 N–H and O–H groups in total. The average molecular weight is 204 g/mol. The predicted octanol–water partition coefficient (Wildman–Crippen LogP) is 0.143. The first-order valence-electron chi connectivity index (χ1n) is 4.41. The fourth-order valence-corrected chi connectivity index (χ4v) is 0.894. The molecule has 0 aliphatic carbocycles. The lowest BCUT2D eigenvalue weighted by Gasteiger charge is -2.02. The average Bonchev–Trinajstić information content (AvgIpc) is 2.26. The number of nitrogens with two attached hydrogens (primary N) is 1. The third kappa shape index (κ3) is 3.67. The number of hydrogen-bond donors (Lipinski definition) is 3. The number of pyridine rings is 1. The standard InChI is InChI=1S/C10H12N4O/c1-12-10(15)14-9-6-2-4-8(13-9)5-3-7-11/h2,4,6H,7,11H2,1H3,(H2,12,13,14,15). The Labute approximate surface area is 88.1 Å². The van der Waals surface area contributed by atoms with Crippen LogP contribution in [0.15, 0.2) is 18.2 Å². The van der Waals surface area contributed by atoms with Gasteiger partial charge < -0.3 is 11.1 Å². The van der Waals surface area contributed by atoms with E-state index in [0.29, 0.717) is 11.5 Å². The van der Waals surface area contributed by atoms with Crippen molar-refractivity contribution in [1.82, 2.24) is 10.3 Å². The first kappa shape index (κ1) is 11.0. The summed E-state index contributed by atoms with van der Waals surface area (Å²) in [6.07, 6.45) is 0. The third-order valence-electron chi connectivity index (χ3n) is 1.54. The minimum atomic E-state index is -0.313.